The molecule has 2 heterocycles. The Kier molecular flexibility index (Phi) is 9.81. The number of rotatable bonds is 11. The van der Waals surface area contributed by atoms with Crippen LogP contribution in [0.3, 0.4) is 0 Å². The molecule has 3 N–H and O–H groups in total. The van der Waals surface area contributed by atoms with Gasteiger partial charge >= 0.3 is 0 Å². The van der Waals surface area contributed by atoms with Gasteiger partial charge < -0.3 is 25.0 Å². The molecule has 1 amide bonds. The van der Waals surface area contributed by atoms with Crippen LogP contribution in [0.4, 0.5) is 0 Å². The molecule has 6 rings (SSSR count). The Morgan fingerprint density at radius 2 is 1.83 bits per heavy atom. The molecule has 0 spiro atoms. The van der Waals surface area contributed by atoms with Gasteiger partial charge in [0.05, 0.1) is 12.1 Å². The number of nitrogens with one attached hydrogen (secondary N) is 2. The molecular weight excluding hydrogens is 584 g/mol. The molecule has 47 heavy (non-hydrogen) atoms. The standard InChI is InChI=1S/C40H46N4O3/c1-4-27-16-17-38-34(19-27)36(24-40(2,3)47-38)42-26-37(45)35(20-28-11-6-5-7-12-28)43-39(46)31-21-30(29-13-8-9-14-29)22-33(23-31)44-18-10-15-32(44)25-41/h5-7,10-12,15-19,21-23,29,35-37,42,45H,4,8-9,13-14,20,24,26H2,1-3H3,(H,43,46)/t35-,36-,37+/m0/s1. The molecule has 1 aliphatic heterocycles. The Morgan fingerprint density at radius 1 is 1.04 bits per heavy atom. The highest BCUT2D eigenvalue weighted by molar-refractivity contribution is 5.95. The zero-order valence-corrected chi connectivity index (χ0v) is 27.7. The van der Waals surface area contributed by atoms with Crippen molar-refractivity contribution in [3.8, 4) is 17.5 Å². The van der Waals surface area contributed by atoms with Crippen LogP contribution < -0.4 is 15.4 Å². The van der Waals surface area contributed by atoms with Gasteiger partial charge in [0.15, 0.2) is 0 Å². The maximum atomic E-state index is 14.1. The number of aliphatic hydroxyl groups is 1. The van der Waals surface area contributed by atoms with Gasteiger partial charge in [-0.1, -0.05) is 62.2 Å². The van der Waals surface area contributed by atoms with Crippen molar-refractivity contribution in [1.82, 2.24) is 15.2 Å². The summed E-state index contributed by atoms with van der Waals surface area (Å²) < 4.78 is 8.14. The Hall–Kier alpha value is -4.38. The van der Waals surface area contributed by atoms with Crippen molar-refractivity contribution in [2.45, 2.75) is 95.4 Å². The third-order valence-corrected chi connectivity index (χ3v) is 9.76. The van der Waals surface area contributed by atoms with E-state index in [0.717, 1.165) is 53.8 Å². The summed E-state index contributed by atoms with van der Waals surface area (Å²) in [7, 11) is 0. The van der Waals surface area contributed by atoms with E-state index in [1.807, 2.05) is 59.3 Å². The lowest BCUT2D eigenvalue weighted by Crippen LogP contribution is -2.50. The van der Waals surface area contributed by atoms with Gasteiger partial charge in [-0.05, 0) is 98.5 Å². The molecule has 2 aliphatic rings. The number of aliphatic hydroxyl groups excluding tert-OH is 1. The molecular formula is C40H46N4O3. The van der Waals surface area contributed by atoms with Gasteiger partial charge in [0.1, 0.15) is 23.1 Å². The number of carbonyl (C=O) groups excluding carboxylic acids is 1. The molecule has 3 aromatic carbocycles. The number of amides is 1. The van der Waals surface area contributed by atoms with E-state index in [1.165, 1.54) is 18.4 Å². The molecule has 0 radical (unpaired) electrons. The quantitative estimate of drug-likeness (QED) is 0.163. The van der Waals surface area contributed by atoms with Gasteiger partial charge in [-0.2, -0.15) is 5.26 Å². The third-order valence-electron chi connectivity index (χ3n) is 9.76. The lowest BCUT2D eigenvalue weighted by Gasteiger charge is -2.39. The van der Waals surface area contributed by atoms with E-state index in [4.69, 9.17) is 4.74 Å². The zero-order chi connectivity index (χ0) is 33.0. The molecule has 4 aromatic rings. The van der Waals surface area contributed by atoms with Crippen molar-refractivity contribution in [1.29, 1.82) is 5.26 Å². The number of nitrogens with zero attached hydrogens (tertiary/aromatic N) is 2. The Labute approximate surface area is 278 Å². The van der Waals surface area contributed by atoms with Gasteiger partial charge in [0.25, 0.3) is 5.91 Å². The maximum absolute atomic E-state index is 14.1. The van der Waals surface area contributed by atoms with Crippen molar-refractivity contribution in [2.75, 3.05) is 6.54 Å². The average Bonchev–Trinajstić information content (AvgIpc) is 3.79. The van der Waals surface area contributed by atoms with Crippen LogP contribution >= 0.6 is 0 Å². The molecule has 244 valence electrons. The first-order valence-corrected chi connectivity index (χ1v) is 17.0. The van der Waals surface area contributed by atoms with Crippen molar-refractivity contribution in [2.24, 2.45) is 0 Å². The highest BCUT2D eigenvalue weighted by atomic mass is 16.5. The van der Waals surface area contributed by atoms with Crippen molar-refractivity contribution >= 4 is 5.91 Å². The number of fused-ring (bicyclic) bond motifs is 1. The van der Waals surface area contributed by atoms with E-state index in [1.54, 1.807) is 6.07 Å². The van der Waals surface area contributed by atoms with E-state index in [9.17, 15) is 15.2 Å². The lowest BCUT2D eigenvalue weighted by atomic mass is 9.88. The SMILES string of the molecule is CCc1ccc2c(c1)[C@@H](NC[C@@H](O)[C@H](Cc1ccccc1)NC(=O)c1cc(C3CCCC3)cc(-n3cccc3C#N)c1)CC(C)(C)O2. The highest BCUT2D eigenvalue weighted by Crippen LogP contribution is 2.40. The zero-order valence-electron chi connectivity index (χ0n) is 27.7. The fraction of sp³-hybridized carbons (Fsp3) is 0.400. The lowest BCUT2D eigenvalue weighted by molar-refractivity contribution is 0.0582. The van der Waals surface area contributed by atoms with E-state index >= 15 is 0 Å². The van der Waals surface area contributed by atoms with Crippen LogP contribution in [-0.4, -0.2) is 39.9 Å². The van der Waals surface area contributed by atoms with Crippen LogP contribution in [0.2, 0.25) is 0 Å². The normalized spacial score (nSPS) is 18.5. The summed E-state index contributed by atoms with van der Waals surface area (Å²) in [6, 6.07) is 27.7. The fourth-order valence-corrected chi connectivity index (χ4v) is 7.21. The number of carbonyl (C=O) groups is 1. The molecule has 1 fully saturated rings. The number of aryl methyl sites for hydroxylation is 1. The van der Waals surface area contributed by atoms with Gasteiger partial charge in [-0.25, -0.2) is 0 Å². The maximum Gasteiger partial charge on any atom is 0.251 e. The average molecular weight is 631 g/mol. The molecule has 3 atom stereocenters. The second kappa shape index (κ2) is 14.2. The van der Waals surface area contributed by atoms with E-state index in [-0.39, 0.29) is 17.6 Å². The predicted octanol–water partition coefficient (Wildman–Crippen LogP) is 7.16. The van der Waals surface area contributed by atoms with Gasteiger partial charge in [-0.3, -0.25) is 4.79 Å². The molecule has 1 saturated carbocycles. The Bertz CT molecular complexity index is 1730. The summed E-state index contributed by atoms with van der Waals surface area (Å²) in [5.41, 5.74) is 6.01. The smallest absolute Gasteiger partial charge is 0.251 e. The van der Waals surface area contributed by atoms with Gasteiger partial charge in [-0.15, -0.1) is 0 Å². The van der Waals surface area contributed by atoms with Crippen LogP contribution in [-0.2, 0) is 12.8 Å². The first-order chi connectivity index (χ1) is 22.7. The largest absolute Gasteiger partial charge is 0.487 e. The van der Waals surface area contributed by atoms with Crippen molar-refractivity contribution in [3.05, 3.63) is 119 Å². The van der Waals surface area contributed by atoms with Crippen LogP contribution in [0.5, 0.6) is 5.75 Å². The van der Waals surface area contributed by atoms with E-state index < -0.39 is 12.1 Å². The van der Waals surface area contributed by atoms with Crippen LogP contribution in [0.15, 0.2) is 85.1 Å². The van der Waals surface area contributed by atoms with E-state index in [2.05, 4.69) is 61.7 Å². The van der Waals surface area contributed by atoms with Gasteiger partial charge in [0.2, 0.25) is 0 Å². The number of aromatic nitrogens is 1. The number of ether oxygens (including phenoxy) is 1. The summed E-state index contributed by atoms with van der Waals surface area (Å²) in [6.45, 7) is 6.63. The summed E-state index contributed by atoms with van der Waals surface area (Å²) in [5.74, 6) is 1.03. The minimum atomic E-state index is -0.852. The Balaban J connectivity index is 1.26. The minimum Gasteiger partial charge on any atom is -0.487 e. The molecule has 1 aromatic heterocycles. The van der Waals surface area contributed by atoms with Crippen LogP contribution in [0, 0.1) is 11.3 Å². The topological polar surface area (TPSA) is 99.3 Å². The second-order valence-electron chi connectivity index (χ2n) is 13.8. The number of nitriles is 1. The number of hydrogen-bond acceptors (Lipinski definition) is 5. The van der Waals surface area contributed by atoms with Crippen molar-refractivity contribution < 1.29 is 14.6 Å². The Morgan fingerprint density at radius 3 is 2.57 bits per heavy atom. The summed E-state index contributed by atoms with van der Waals surface area (Å²) >= 11 is 0. The molecule has 7 nitrogen and oxygen atoms in total. The summed E-state index contributed by atoms with van der Waals surface area (Å²) in [5, 5.41) is 28.3. The molecule has 0 unspecified atom stereocenters. The number of hydrogen-bond donors (Lipinski definition) is 3. The second-order valence-corrected chi connectivity index (χ2v) is 13.8. The van der Waals surface area contributed by atoms with Gasteiger partial charge in [0, 0.05) is 42.0 Å². The summed E-state index contributed by atoms with van der Waals surface area (Å²) in [4.78, 5) is 14.1. The number of benzene rings is 3. The predicted molar refractivity (Wildman–Crippen MR) is 185 cm³/mol. The van der Waals surface area contributed by atoms with Crippen molar-refractivity contribution in [3.63, 3.8) is 0 Å². The first-order valence-electron chi connectivity index (χ1n) is 17.0. The molecule has 1 aliphatic carbocycles. The monoisotopic (exact) mass is 630 g/mol. The minimum absolute atomic E-state index is 0.00419. The highest BCUT2D eigenvalue weighted by Gasteiger charge is 2.34. The fourth-order valence-electron chi connectivity index (χ4n) is 7.21. The molecule has 7 heteroatoms. The summed E-state index contributed by atoms with van der Waals surface area (Å²) in [6.07, 6.45) is 7.72. The molecule has 0 bridgehead atoms. The van der Waals surface area contributed by atoms with Crippen LogP contribution in [0.1, 0.15) is 103 Å². The molecule has 0 saturated heterocycles. The third kappa shape index (κ3) is 7.62. The van der Waals surface area contributed by atoms with Crippen LogP contribution in [0.25, 0.3) is 5.69 Å². The van der Waals surface area contributed by atoms with E-state index in [0.29, 0.717) is 30.1 Å². The first kappa shape index (κ1) is 32.6.